The van der Waals surface area contributed by atoms with Gasteiger partial charge in [-0.05, 0) is 25.6 Å². The lowest BCUT2D eigenvalue weighted by molar-refractivity contribution is -0.139. The third-order valence-corrected chi connectivity index (χ3v) is 6.37. The Morgan fingerprint density at radius 1 is 1.12 bits per heavy atom. The van der Waals surface area contributed by atoms with Gasteiger partial charge in [0, 0.05) is 32.7 Å². The first-order chi connectivity index (χ1) is 15.6. The lowest BCUT2D eigenvalue weighted by atomic mass is 9.91. The second kappa shape index (κ2) is 8.69. The average molecular weight is 465 g/mol. The van der Waals surface area contributed by atoms with Crippen LogP contribution in [0, 0.1) is 0 Å². The summed E-state index contributed by atoms with van der Waals surface area (Å²) in [7, 11) is 1.96. The largest absolute Gasteiger partial charge is 0.416 e. The van der Waals surface area contributed by atoms with E-state index in [0.717, 1.165) is 19.2 Å². The summed E-state index contributed by atoms with van der Waals surface area (Å²) in [5.74, 6) is -0.751. The Morgan fingerprint density at radius 2 is 1.79 bits per heavy atom. The lowest BCUT2D eigenvalue weighted by Gasteiger charge is -2.33. The number of nitrogens with zero attached hydrogens (tertiary/aromatic N) is 4. The number of piperazine rings is 1. The molecule has 0 aliphatic carbocycles. The van der Waals surface area contributed by atoms with E-state index in [2.05, 4.69) is 10.2 Å². The van der Waals surface area contributed by atoms with Crippen molar-refractivity contribution in [2.24, 2.45) is 0 Å². The zero-order chi connectivity index (χ0) is 23.9. The highest BCUT2D eigenvalue weighted by atomic mass is 19.4. The first kappa shape index (κ1) is 23.1. The quantitative estimate of drug-likeness (QED) is 0.734. The van der Waals surface area contributed by atoms with Gasteiger partial charge < -0.3 is 20.0 Å². The molecule has 1 saturated heterocycles. The summed E-state index contributed by atoms with van der Waals surface area (Å²) in [5.41, 5.74) is -0.673. The molecule has 4 amide bonds. The van der Waals surface area contributed by atoms with Crippen molar-refractivity contribution in [1.29, 1.82) is 0 Å². The van der Waals surface area contributed by atoms with Crippen molar-refractivity contribution in [1.82, 2.24) is 24.9 Å². The van der Waals surface area contributed by atoms with E-state index in [0.29, 0.717) is 18.8 Å². The highest BCUT2D eigenvalue weighted by Crippen LogP contribution is 2.41. The topological polar surface area (TPSA) is 76.2 Å². The Balaban J connectivity index is 1.64. The molecule has 178 valence electrons. The molecule has 11 heteroatoms. The molecule has 8 nitrogen and oxygen atoms in total. The summed E-state index contributed by atoms with van der Waals surface area (Å²) in [6, 6.07) is 3.09. The second-order valence-corrected chi connectivity index (χ2v) is 8.42. The molecule has 1 fully saturated rings. The van der Waals surface area contributed by atoms with E-state index in [9.17, 15) is 27.6 Å². The summed E-state index contributed by atoms with van der Waals surface area (Å²) in [6.45, 7) is 4.33. The Kier molecular flexibility index (Phi) is 6.08. The minimum absolute atomic E-state index is 0.000403. The van der Waals surface area contributed by atoms with Crippen LogP contribution >= 0.6 is 0 Å². The van der Waals surface area contributed by atoms with Crippen molar-refractivity contribution in [2.75, 3.05) is 52.9 Å². The fourth-order valence-corrected chi connectivity index (χ4v) is 4.57. The summed E-state index contributed by atoms with van der Waals surface area (Å²) in [6.07, 6.45) is -4.65. The number of nitrogens with one attached hydrogen (secondary N) is 1. The van der Waals surface area contributed by atoms with Gasteiger partial charge in [0.05, 0.1) is 29.4 Å². The number of carbonyl (C=O) groups excluding carboxylic acids is 3. The molecule has 0 bridgehead atoms. The monoisotopic (exact) mass is 465 g/mol. The number of hydrogen-bond donors (Lipinski definition) is 1. The van der Waals surface area contributed by atoms with Crippen molar-refractivity contribution in [3.8, 4) is 0 Å². The van der Waals surface area contributed by atoms with E-state index >= 15 is 0 Å². The van der Waals surface area contributed by atoms with Crippen LogP contribution in [0.5, 0.6) is 0 Å². The van der Waals surface area contributed by atoms with Crippen LogP contribution < -0.4 is 5.32 Å². The summed E-state index contributed by atoms with van der Waals surface area (Å²) in [5, 5.41) is 2.57. The molecule has 0 spiro atoms. The third-order valence-electron chi connectivity index (χ3n) is 6.37. The van der Waals surface area contributed by atoms with Crippen molar-refractivity contribution < 1.29 is 27.6 Å². The Morgan fingerprint density at radius 3 is 2.42 bits per heavy atom. The van der Waals surface area contributed by atoms with Crippen molar-refractivity contribution in [3.63, 3.8) is 0 Å². The number of benzene rings is 1. The molecule has 0 radical (unpaired) electrons. The van der Waals surface area contributed by atoms with Gasteiger partial charge in [0.1, 0.15) is 6.54 Å². The van der Waals surface area contributed by atoms with E-state index in [1.165, 1.54) is 28.0 Å². The predicted molar refractivity (Wildman–Crippen MR) is 113 cm³/mol. The molecule has 1 atom stereocenters. The van der Waals surface area contributed by atoms with Crippen molar-refractivity contribution in [3.05, 3.63) is 46.7 Å². The van der Waals surface area contributed by atoms with Gasteiger partial charge in [-0.3, -0.25) is 14.5 Å². The van der Waals surface area contributed by atoms with Crippen LogP contribution in [0.2, 0.25) is 0 Å². The van der Waals surface area contributed by atoms with Crippen LogP contribution in [0.25, 0.3) is 0 Å². The minimum atomic E-state index is -4.65. The molecule has 3 heterocycles. The maximum atomic E-state index is 13.7. The van der Waals surface area contributed by atoms with Gasteiger partial charge in [0.15, 0.2) is 0 Å². The summed E-state index contributed by atoms with van der Waals surface area (Å²) < 4.78 is 41.0. The highest BCUT2D eigenvalue weighted by molar-refractivity contribution is 6.03. The van der Waals surface area contributed by atoms with Gasteiger partial charge in [-0.15, -0.1) is 0 Å². The number of hydrogen-bond acceptors (Lipinski definition) is 4. The molecule has 0 aromatic heterocycles. The maximum absolute atomic E-state index is 13.7. The molecule has 3 aliphatic rings. The van der Waals surface area contributed by atoms with E-state index in [1.807, 2.05) is 7.05 Å². The first-order valence-electron chi connectivity index (χ1n) is 10.8. The van der Waals surface area contributed by atoms with Gasteiger partial charge in [-0.25, -0.2) is 4.79 Å². The smallest absolute Gasteiger partial charge is 0.339 e. The standard InChI is InChI=1S/C22H26F3N5O3/c1-3-30-16-12-29(13-17(31)28-10-8-27(2)9-11-28)20(32)18(16)19(26-21(30)33)14-6-4-5-7-15(14)22(23,24)25/h4-7,19H,3,8-13H2,1-2H3,(H,26,33). The second-order valence-electron chi connectivity index (χ2n) is 8.42. The SMILES string of the molecule is CCN1C(=O)NC(c2ccccc2C(F)(F)F)C2=C1CN(CC(=O)N1CCN(C)CC1)C2=O. The van der Waals surface area contributed by atoms with Crippen LogP contribution in [0.4, 0.5) is 18.0 Å². The highest BCUT2D eigenvalue weighted by Gasteiger charge is 2.46. The molecule has 1 aromatic carbocycles. The van der Waals surface area contributed by atoms with Crippen LogP contribution in [0.15, 0.2) is 35.5 Å². The molecule has 1 N–H and O–H groups in total. The lowest BCUT2D eigenvalue weighted by Crippen LogP contribution is -2.50. The van der Waals surface area contributed by atoms with Gasteiger partial charge >= 0.3 is 12.2 Å². The Bertz CT molecular complexity index is 1000. The number of amides is 4. The number of rotatable bonds is 4. The fraction of sp³-hybridized carbons (Fsp3) is 0.500. The molecule has 1 aromatic rings. The fourth-order valence-electron chi connectivity index (χ4n) is 4.57. The molecule has 1 unspecified atom stereocenters. The molecule has 4 rings (SSSR count). The predicted octanol–water partition coefficient (Wildman–Crippen LogP) is 1.66. The van der Waals surface area contributed by atoms with Crippen LogP contribution in [0.1, 0.15) is 24.1 Å². The number of likely N-dealkylation sites (N-methyl/N-ethyl adjacent to an activating group) is 2. The minimum Gasteiger partial charge on any atom is -0.339 e. The van der Waals surface area contributed by atoms with E-state index in [-0.39, 0.29) is 36.7 Å². The number of carbonyl (C=O) groups is 3. The molecule has 0 saturated carbocycles. The van der Waals surface area contributed by atoms with Gasteiger partial charge in [-0.1, -0.05) is 18.2 Å². The Hall–Kier alpha value is -3.08. The van der Waals surface area contributed by atoms with Gasteiger partial charge in [-0.2, -0.15) is 13.2 Å². The van der Waals surface area contributed by atoms with Crippen LogP contribution in [0.3, 0.4) is 0 Å². The van der Waals surface area contributed by atoms with Crippen LogP contribution in [-0.4, -0.2) is 90.3 Å². The summed E-state index contributed by atoms with van der Waals surface area (Å²) >= 11 is 0. The first-order valence-corrected chi connectivity index (χ1v) is 10.8. The Labute approximate surface area is 189 Å². The average Bonchev–Trinajstić information content (AvgIpc) is 3.09. The third kappa shape index (κ3) is 4.29. The van der Waals surface area contributed by atoms with Crippen molar-refractivity contribution >= 4 is 17.8 Å². The van der Waals surface area contributed by atoms with E-state index in [1.54, 1.807) is 11.8 Å². The van der Waals surface area contributed by atoms with Crippen molar-refractivity contribution in [2.45, 2.75) is 19.1 Å². The van der Waals surface area contributed by atoms with E-state index < -0.39 is 29.7 Å². The maximum Gasteiger partial charge on any atom is 0.416 e. The zero-order valence-electron chi connectivity index (χ0n) is 18.5. The number of alkyl halides is 3. The van der Waals surface area contributed by atoms with Gasteiger partial charge in [0.2, 0.25) is 5.91 Å². The number of halogens is 3. The number of urea groups is 1. The molecule has 3 aliphatic heterocycles. The van der Waals surface area contributed by atoms with E-state index in [4.69, 9.17) is 0 Å². The normalized spacial score (nSPS) is 22.1. The molecular formula is C22H26F3N5O3. The zero-order valence-corrected chi connectivity index (χ0v) is 18.5. The molecular weight excluding hydrogens is 439 g/mol. The van der Waals surface area contributed by atoms with Crippen LogP contribution in [-0.2, 0) is 15.8 Å². The summed E-state index contributed by atoms with van der Waals surface area (Å²) in [4.78, 5) is 45.3. The van der Waals surface area contributed by atoms with Gasteiger partial charge in [0.25, 0.3) is 5.91 Å². The molecule has 33 heavy (non-hydrogen) atoms.